The van der Waals surface area contributed by atoms with Gasteiger partial charge in [0.15, 0.2) is 0 Å². The Hall–Kier alpha value is -0.590. The van der Waals surface area contributed by atoms with E-state index < -0.39 is 12.1 Å². The maximum atomic E-state index is 12.7. The van der Waals surface area contributed by atoms with Crippen molar-refractivity contribution in [3.8, 4) is 0 Å². The van der Waals surface area contributed by atoms with Gasteiger partial charge >= 0.3 is 6.18 Å². The first-order valence-corrected chi connectivity index (χ1v) is 7.79. The number of piperidine rings is 1. The zero-order valence-electron chi connectivity index (χ0n) is 11.8. The van der Waals surface area contributed by atoms with Crippen LogP contribution in [0.3, 0.4) is 0 Å². The lowest BCUT2D eigenvalue weighted by Gasteiger charge is -2.39. The van der Waals surface area contributed by atoms with Gasteiger partial charge in [-0.05, 0) is 56.8 Å². The molecule has 20 heavy (non-hydrogen) atoms. The van der Waals surface area contributed by atoms with Crippen molar-refractivity contribution < 1.29 is 13.2 Å². The highest BCUT2D eigenvalue weighted by atomic mass is 32.1. The number of halogens is 3. The van der Waals surface area contributed by atoms with Gasteiger partial charge in [0, 0.05) is 10.9 Å². The normalized spacial score (nSPS) is 21.9. The van der Waals surface area contributed by atoms with E-state index in [4.69, 9.17) is 5.73 Å². The molecule has 0 aromatic carbocycles. The molecule has 1 fully saturated rings. The second kappa shape index (κ2) is 6.03. The van der Waals surface area contributed by atoms with Crippen LogP contribution in [0.2, 0.25) is 0 Å². The minimum atomic E-state index is -4.06. The molecule has 6 heteroatoms. The lowest BCUT2D eigenvalue weighted by Crippen LogP contribution is -2.45. The van der Waals surface area contributed by atoms with Crippen LogP contribution < -0.4 is 5.73 Å². The molecule has 1 aliphatic heterocycles. The van der Waals surface area contributed by atoms with Crippen molar-refractivity contribution in [2.75, 3.05) is 13.1 Å². The Balaban J connectivity index is 2.09. The molecule has 0 saturated carbocycles. The third-order valence-electron chi connectivity index (χ3n) is 4.05. The van der Waals surface area contributed by atoms with Crippen LogP contribution in [0.25, 0.3) is 0 Å². The summed E-state index contributed by atoms with van der Waals surface area (Å²) in [6, 6.07) is 1.98. The van der Waals surface area contributed by atoms with Crippen LogP contribution in [0.4, 0.5) is 13.2 Å². The number of likely N-dealkylation sites (tertiary alicyclic amines) is 1. The first kappa shape index (κ1) is 15.8. The minimum Gasteiger partial charge on any atom is -0.326 e. The molecule has 1 aliphatic rings. The molecular weight excluding hydrogens is 285 g/mol. The lowest BCUT2D eigenvalue weighted by atomic mass is 9.93. The molecule has 0 aliphatic carbocycles. The first-order chi connectivity index (χ1) is 9.30. The quantitative estimate of drug-likeness (QED) is 0.922. The summed E-state index contributed by atoms with van der Waals surface area (Å²) in [4.78, 5) is 3.30. The highest BCUT2D eigenvalue weighted by Gasteiger charge is 2.42. The first-order valence-electron chi connectivity index (χ1n) is 6.91. The largest absolute Gasteiger partial charge is 0.391 e. The van der Waals surface area contributed by atoms with E-state index in [0.29, 0.717) is 13.1 Å². The van der Waals surface area contributed by atoms with Crippen LogP contribution in [0.15, 0.2) is 11.4 Å². The van der Waals surface area contributed by atoms with E-state index in [1.807, 2.05) is 25.3 Å². The number of hydrogen-bond donors (Lipinski definition) is 1. The van der Waals surface area contributed by atoms with E-state index in [-0.39, 0.29) is 24.9 Å². The average Bonchev–Trinajstić information content (AvgIpc) is 2.75. The molecule has 0 spiro atoms. The van der Waals surface area contributed by atoms with Crippen molar-refractivity contribution in [1.29, 1.82) is 0 Å². The lowest BCUT2D eigenvalue weighted by molar-refractivity contribution is -0.186. The molecule has 1 aromatic rings. The van der Waals surface area contributed by atoms with Crippen molar-refractivity contribution in [3.05, 3.63) is 21.9 Å². The molecule has 0 amide bonds. The number of aryl methyl sites for hydroxylation is 1. The van der Waals surface area contributed by atoms with Gasteiger partial charge < -0.3 is 5.73 Å². The highest BCUT2D eigenvalue weighted by molar-refractivity contribution is 7.10. The molecule has 1 saturated heterocycles. The zero-order valence-corrected chi connectivity index (χ0v) is 12.6. The predicted molar refractivity (Wildman–Crippen MR) is 75.8 cm³/mol. The molecule has 2 atom stereocenters. The van der Waals surface area contributed by atoms with E-state index in [9.17, 15) is 13.2 Å². The molecular formula is C14H21F3N2S. The summed E-state index contributed by atoms with van der Waals surface area (Å²) >= 11 is 1.64. The molecule has 114 valence electrons. The fraction of sp³-hybridized carbons (Fsp3) is 0.714. The third-order valence-corrected chi connectivity index (χ3v) is 5.14. The summed E-state index contributed by atoms with van der Waals surface area (Å²) in [5.41, 5.74) is 7.27. The van der Waals surface area contributed by atoms with Gasteiger partial charge in [-0.3, -0.25) is 4.90 Å². The SMILES string of the molecule is Cc1ccsc1C(C(C)N)N1CCC(C(F)(F)F)CC1. The second-order valence-corrected chi connectivity index (χ2v) is 6.57. The van der Waals surface area contributed by atoms with Crippen LogP contribution in [0, 0.1) is 12.8 Å². The maximum absolute atomic E-state index is 12.7. The van der Waals surface area contributed by atoms with Crippen LogP contribution in [-0.4, -0.2) is 30.2 Å². The fourth-order valence-electron chi connectivity index (χ4n) is 2.93. The van der Waals surface area contributed by atoms with Gasteiger partial charge in [-0.2, -0.15) is 13.2 Å². The Labute approximate surface area is 121 Å². The van der Waals surface area contributed by atoms with Crippen LogP contribution in [0.5, 0.6) is 0 Å². The highest BCUT2D eigenvalue weighted by Crippen LogP contribution is 2.38. The Morgan fingerprint density at radius 1 is 1.35 bits per heavy atom. The summed E-state index contributed by atoms with van der Waals surface area (Å²) in [6.45, 7) is 4.89. The number of nitrogens with two attached hydrogens (primary N) is 1. The number of alkyl halides is 3. The Kier molecular flexibility index (Phi) is 4.76. The molecule has 2 unspecified atom stereocenters. The smallest absolute Gasteiger partial charge is 0.326 e. The number of rotatable bonds is 3. The summed E-state index contributed by atoms with van der Waals surface area (Å²) in [5, 5.41) is 2.02. The van der Waals surface area contributed by atoms with Gasteiger partial charge in [-0.15, -0.1) is 11.3 Å². The molecule has 2 heterocycles. The molecule has 2 rings (SSSR count). The van der Waals surface area contributed by atoms with Crippen molar-refractivity contribution in [2.24, 2.45) is 11.7 Å². The maximum Gasteiger partial charge on any atom is 0.391 e. The van der Waals surface area contributed by atoms with E-state index in [2.05, 4.69) is 4.90 Å². The van der Waals surface area contributed by atoms with Crippen LogP contribution in [-0.2, 0) is 0 Å². The van der Waals surface area contributed by atoms with Crippen molar-refractivity contribution in [2.45, 2.75) is 44.9 Å². The van der Waals surface area contributed by atoms with E-state index >= 15 is 0 Å². The standard InChI is InChI=1S/C14H21F3N2S/c1-9-5-8-20-13(9)12(10(2)18)19-6-3-11(4-7-19)14(15,16)17/h5,8,10-12H,3-4,6-7,18H2,1-2H3. The van der Waals surface area contributed by atoms with Crippen molar-refractivity contribution >= 4 is 11.3 Å². The summed E-state index contributed by atoms with van der Waals surface area (Å²) < 4.78 is 38.2. The van der Waals surface area contributed by atoms with E-state index in [1.165, 1.54) is 10.4 Å². The van der Waals surface area contributed by atoms with Crippen LogP contribution >= 0.6 is 11.3 Å². The minimum absolute atomic E-state index is 0.0317. The third kappa shape index (κ3) is 3.35. The monoisotopic (exact) mass is 306 g/mol. The second-order valence-electron chi connectivity index (χ2n) is 5.62. The van der Waals surface area contributed by atoms with Gasteiger partial charge in [0.25, 0.3) is 0 Å². The molecule has 0 radical (unpaired) electrons. The number of nitrogens with zero attached hydrogens (tertiary/aromatic N) is 1. The van der Waals surface area contributed by atoms with Crippen molar-refractivity contribution in [3.63, 3.8) is 0 Å². The summed E-state index contributed by atoms with van der Waals surface area (Å²) in [7, 11) is 0. The van der Waals surface area contributed by atoms with Gasteiger partial charge in [0.1, 0.15) is 0 Å². The van der Waals surface area contributed by atoms with Gasteiger partial charge in [-0.25, -0.2) is 0 Å². The zero-order chi connectivity index (χ0) is 14.9. The molecule has 1 aromatic heterocycles. The summed E-state index contributed by atoms with van der Waals surface area (Å²) in [5.74, 6) is -1.16. The van der Waals surface area contributed by atoms with Gasteiger partial charge in [-0.1, -0.05) is 0 Å². The predicted octanol–water partition coefficient (Wildman–Crippen LogP) is 3.72. The Morgan fingerprint density at radius 3 is 2.35 bits per heavy atom. The van der Waals surface area contributed by atoms with E-state index in [0.717, 1.165) is 0 Å². The Bertz CT molecular complexity index is 434. The van der Waals surface area contributed by atoms with Crippen molar-refractivity contribution in [1.82, 2.24) is 4.90 Å². The number of hydrogen-bond acceptors (Lipinski definition) is 3. The summed E-state index contributed by atoms with van der Waals surface area (Å²) in [6.07, 6.45) is -3.71. The average molecular weight is 306 g/mol. The Morgan fingerprint density at radius 2 is 1.95 bits per heavy atom. The van der Waals surface area contributed by atoms with Crippen LogP contribution in [0.1, 0.15) is 36.2 Å². The topological polar surface area (TPSA) is 29.3 Å². The molecule has 2 nitrogen and oxygen atoms in total. The fourth-order valence-corrected chi connectivity index (χ4v) is 4.11. The van der Waals surface area contributed by atoms with Gasteiger partial charge in [0.05, 0.1) is 12.0 Å². The van der Waals surface area contributed by atoms with Gasteiger partial charge in [0.2, 0.25) is 0 Å². The van der Waals surface area contributed by atoms with E-state index in [1.54, 1.807) is 11.3 Å². The molecule has 2 N–H and O–H groups in total. The number of thiophene rings is 1. The molecule has 0 bridgehead atoms.